The summed E-state index contributed by atoms with van der Waals surface area (Å²) in [6.07, 6.45) is 5.79. The van der Waals surface area contributed by atoms with Gasteiger partial charge < -0.3 is 24.0 Å². The van der Waals surface area contributed by atoms with Crippen LogP contribution in [0.25, 0.3) is 5.69 Å². The lowest BCUT2D eigenvalue weighted by molar-refractivity contribution is -0.670. The maximum Gasteiger partial charge on any atom is 0.248 e. The second-order valence-electron chi connectivity index (χ2n) is 3.12. The summed E-state index contributed by atoms with van der Waals surface area (Å²) >= 11 is 0. The SMILES string of the molecule is C[n+]1ccn(-c2ccccc2C#N)c1.[I-]. The lowest BCUT2D eigenvalue weighted by Gasteiger charge is -1.96. The number of halogens is 1. The Morgan fingerprint density at radius 2 is 2.07 bits per heavy atom. The number of aryl methyl sites for hydroxylation is 1. The van der Waals surface area contributed by atoms with E-state index in [1.165, 1.54) is 0 Å². The molecule has 0 aliphatic heterocycles. The van der Waals surface area contributed by atoms with E-state index in [4.69, 9.17) is 5.26 Å². The second-order valence-corrected chi connectivity index (χ2v) is 3.12. The van der Waals surface area contributed by atoms with Gasteiger partial charge in [0.2, 0.25) is 6.33 Å². The molecule has 1 aromatic heterocycles. The van der Waals surface area contributed by atoms with Crippen LogP contribution in [0, 0.1) is 11.3 Å². The molecule has 0 aliphatic rings. The Hall–Kier alpha value is -1.35. The maximum absolute atomic E-state index is 8.92. The number of hydrogen-bond donors (Lipinski definition) is 0. The van der Waals surface area contributed by atoms with Crippen LogP contribution in [0.4, 0.5) is 0 Å². The number of rotatable bonds is 1. The largest absolute Gasteiger partial charge is 1.00 e. The molecule has 0 aliphatic carbocycles. The van der Waals surface area contributed by atoms with Gasteiger partial charge in [-0.1, -0.05) is 12.1 Å². The van der Waals surface area contributed by atoms with Crippen molar-refractivity contribution in [1.29, 1.82) is 5.26 Å². The highest BCUT2D eigenvalue weighted by atomic mass is 127. The molecule has 2 aromatic rings. The summed E-state index contributed by atoms with van der Waals surface area (Å²) in [6.45, 7) is 0. The predicted molar refractivity (Wildman–Crippen MR) is 51.7 cm³/mol. The van der Waals surface area contributed by atoms with Gasteiger partial charge in [-0.15, -0.1) is 0 Å². The molecule has 0 fully saturated rings. The van der Waals surface area contributed by atoms with Crippen LogP contribution in [0.5, 0.6) is 0 Å². The van der Waals surface area contributed by atoms with Crippen molar-refractivity contribution in [2.75, 3.05) is 0 Å². The maximum atomic E-state index is 8.92. The van der Waals surface area contributed by atoms with Crippen molar-refractivity contribution in [3.05, 3.63) is 48.5 Å². The van der Waals surface area contributed by atoms with E-state index in [2.05, 4.69) is 6.07 Å². The highest BCUT2D eigenvalue weighted by molar-refractivity contribution is 5.48. The molecule has 76 valence electrons. The lowest BCUT2D eigenvalue weighted by atomic mass is 10.2. The molecule has 0 radical (unpaired) electrons. The summed E-state index contributed by atoms with van der Waals surface area (Å²) in [6, 6.07) is 9.71. The van der Waals surface area contributed by atoms with Crippen LogP contribution in [0.1, 0.15) is 5.56 Å². The molecule has 0 saturated heterocycles. The van der Waals surface area contributed by atoms with E-state index >= 15 is 0 Å². The molecule has 0 amide bonds. The van der Waals surface area contributed by atoms with E-state index in [9.17, 15) is 0 Å². The number of aromatic nitrogens is 2. The number of nitrogens with zero attached hydrogens (tertiary/aromatic N) is 3. The quantitative estimate of drug-likeness (QED) is 0.451. The number of imidazole rings is 1. The third-order valence-electron chi connectivity index (χ3n) is 2.07. The van der Waals surface area contributed by atoms with Gasteiger partial charge in [0.05, 0.1) is 12.6 Å². The minimum Gasteiger partial charge on any atom is -1.00 e. The molecule has 0 N–H and O–H groups in total. The minimum absolute atomic E-state index is 0. The van der Waals surface area contributed by atoms with Crippen molar-refractivity contribution < 1.29 is 28.5 Å². The van der Waals surface area contributed by atoms with Crippen molar-refractivity contribution in [1.82, 2.24) is 4.57 Å². The van der Waals surface area contributed by atoms with Crippen LogP contribution in [-0.2, 0) is 7.05 Å². The first-order valence-electron chi connectivity index (χ1n) is 4.34. The molecule has 1 heterocycles. The third kappa shape index (κ3) is 2.36. The standard InChI is InChI=1S/C11H10N3.HI/c1-13-6-7-14(9-13)11-5-3-2-4-10(11)8-12;/h2-7,9H,1H3;1H/q+1;/p-1. The van der Waals surface area contributed by atoms with Gasteiger partial charge in [-0.2, -0.15) is 5.26 Å². The van der Waals surface area contributed by atoms with Crippen molar-refractivity contribution in [3.63, 3.8) is 0 Å². The van der Waals surface area contributed by atoms with E-state index < -0.39 is 0 Å². The molecule has 2 rings (SSSR count). The molecule has 0 atom stereocenters. The van der Waals surface area contributed by atoms with E-state index in [0.29, 0.717) is 5.56 Å². The summed E-state index contributed by atoms with van der Waals surface area (Å²) in [5.74, 6) is 0. The Morgan fingerprint density at radius 3 is 2.67 bits per heavy atom. The van der Waals surface area contributed by atoms with Crippen molar-refractivity contribution in [2.45, 2.75) is 0 Å². The molecular weight excluding hydrogens is 301 g/mol. The first-order valence-corrected chi connectivity index (χ1v) is 4.34. The van der Waals surface area contributed by atoms with Gasteiger partial charge in [0.25, 0.3) is 0 Å². The van der Waals surface area contributed by atoms with Gasteiger partial charge >= 0.3 is 0 Å². The Kier molecular flexibility index (Phi) is 3.86. The van der Waals surface area contributed by atoms with Crippen LogP contribution in [-0.4, -0.2) is 4.57 Å². The van der Waals surface area contributed by atoms with E-state index in [1.807, 2.05) is 59.2 Å². The van der Waals surface area contributed by atoms with Gasteiger partial charge in [0.1, 0.15) is 24.2 Å². The Morgan fingerprint density at radius 1 is 1.33 bits per heavy atom. The van der Waals surface area contributed by atoms with Gasteiger partial charge in [0.15, 0.2) is 0 Å². The molecule has 0 unspecified atom stereocenters. The first-order chi connectivity index (χ1) is 6.81. The Labute approximate surface area is 106 Å². The van der Waals surface area contributed by atoms with Crippen LogP contribution in [0.15, 0.2) is 43.0 Å². The van der Waals surface area contributed by atoms with Crippen LogP contribution in [0.3, 0.4) is 0 Å². The van der Waals surface area contributed by atoms with Gasteiger partial charge in [-0.3, -0.25) is 0 Å². The summed E-state index contributed by atoms with van der Waals surface area (Å²) in [7, 11) is 1.95. The Bertz CT molecular complexity index is 497. The zero-order valence-corrected chi connectivity index (χ0v) is 10.4. The number of nitriles is 1. The third-order valence-corrected chi connectivity index (χ3v) is 2.07. The smallest absolute Gasteiger partial charge is 0.248 e. The summed E-state index contributed by atoms with van der Waals surface area (Å²) in [5.41, 5.74) is 1.60. The van der Waals surface area contributed by atoms with Crippen molar-refractivity contribution >= 4 is 0 Å². The summed E-state index contributed by atoms with van der Waals surface area (Å²) < 4.78 is 3.87. The van der Waals surface area contributed by atoms with Crippen molar-refractivity contribution in [3.8, 4) is 11.8 Å². The van der Waals surface area contributed by atoms with Crippen LogP contribution < -0.4 is 28.5 Å². The fraction of sp³-hybridized carbons (Fsp3) is 0.0909. The van der Waals surface area contributed by atoms with Crippen LogP contribution >= 0.6 is 0 Å². The molecule has 3 nitrogen and oxygen atoms in total. The van der Waals surface area contributed by atoms with Crippen LogP contribution in [0.2, 0.25) is 0 Å². The second kappa shape index (κ2) is 4.94. The fourth-order valence-electron chi connectivity index (χ4n) is 1.39. The number of benzene rings is 1. The van der Waals surface area contributed by atoms with Crippen molar-refractivity contribution in [2.24, 2.45) is 7.05 Å². The molecular formula is C11H10IN3. The van der Waals surface area contributed by atoms with E-state index in [1.54, 1.807) is 0 Å². The highest BCUT2D eigenvalue weighted by Gasteiger charge is 2.08. The lowest BCUT2D eigenvalue weighted by Crippen LogP contribution is -3.00. The average Bonchev–Trinajstić information content (AvgIpc) is 2.65. The van der Waals surface area contributed by atoms with Gasteiger partial charge in [-0.05, 0) is 12.1 Å². The Balaban J connectivity index is 0.00000112. The van der Waals surface area contributed by atoms with E-state index in [0.717, 1.165) is 5.69 Å². The molecule has 1 aromatic carbocycles. The molecule has 4 heteroatoms. The summed E-state index contributed by atoms with van der Waals surface area (Å²) in [5, 5.41) is 8.92. The fourth-order valence-corrected chi connectivity index (χ4v) is 1.39. The predicted octanol–water partition coefficient (Wildman–Crippen LogP) is -1.82. The molecule has 0 saturated carbocycles. The topological polar surface area (TPSA) is 32.6 Å². The normalized spacial score (nSPS) is 9.07. The van der Waals surface area contributed by atoms with Gasteiger partial charge in [0, 0.05) is 0 Å². The van der Waals surface area contributed by atoms with E-state index in [-0.39, 0.29) is 24.0 Å². The minimum atomic E-state index is 0. The zero-order chi connectivity index (χ0) is 9.97. The molecule has 0 spiro atoms. The average molecular weight is 311 g/mol. The summed E-state index contributed by atoms with van der Waals surface area (Å²) in [4.78, 5) is 0. The molecule has 0 bridgehead atoms. The number of para-hydroxylation sites is 1. The zero-order valence-electron chi connectivity index (χ0n) is 8.26. The van der Waals surface area contributed by atoms with Gasteiger partial charge in [-0.25, -0.2) is 9.13 Å². The highest BCUT2D eigenvalue weighted by Crippen LogP contribution is 2.11. The monoisotopic (exact) mass is 311 g/mol. The molecule has 15 heavy (non-hydrogen) atoms. The number of hydrogen-bond acceptors (Lipinski definition) is 1. The first kappa shape index (κ1) is 11.7.